The Kier molecular flexibility index (Phi) is 4.36. The minimum Gasteiger partial charge on any atom is -0.372 e. The number of ether oxygens (including phenoxy) is 1. The number of hydrogen-bond donors (Lipinski definition) is 0. The second-order valence-electron chi connectivity index (χ2n) is 2.91. The van der Waals surface area contributed by atoms with Crippen molar-refractivity contribution in [1.82, 2.24) is 9.97 Å². The van der Waals surface area contributed by atoms with E-state index in [4.69, 9.17) is 0 Å². The molecule has 4 nitrogen and oxygen atoms in total. The van der Waals surface area contributed by atoms with Crippen molar-refractivity contribution in [2.45, 2.75) is 12.6 Å². The van der Waals surface area contributed by atoms with Crippen molar-refractivity contribution in [2.24, 2.45) is 0 Å². The smallest absolute Gasteiger partial charge is 0.372 e. The third-order valence-corrected chi connectivity index (χ3v) is 1.55. The second-order valence-corrected chi connectivity index (χ2v) is 2.91. The largest absolute Gasteiger partial charge is 0.411 e. The molecule has 0 aliphatic heterocycles. The fraction of sp³-hybridized carbons (Fsp3) is 0.444. The Morgan fingerprint density at radius 3 is 2.50 bits per heavy atom. The van der Waals surface area contributed by atoms with Crippen LogP contribution in [0.4, 0.5) is 13.2 Å². The number of hydrogen-bond acceptors (Lipinski definition) is 4. The molecule has 0 saturated carbocycles. The zero-order valence-corrected chi connectivity index (χ0v) is 8.20. The summed E-state index contributed by atoms with van der Waals surface area (Å²) in [4.78, 5) is 18.6. The molecule has 0 aliphatic rings. The Hall–Kier alpha value is -1.50. The van der Waals surface area contributed by atoms with E-state index in [1.165, 1.54) is 18.5 Å². The zero-order valence-electron chi connectivity index (χ0n) is 8.20. The molecule has 1 aromatic heterocycles. The Balaban J connectivity index is 2.27. The van der Waals surface area contributed by atoms with Crippen LogP contribution < -0.4 is 0 Å². The van der Waals surface area contributed by atoms with Gasteiger partial charge in [-0.15, -0.1) is 0 Å². The van der Waals surface area contributed by atoms with Crippen LogP contribution in [0.2, 0.25) is 0 Å². The molecule has 0 amide bonds. The SMILES string of the molecule is O=C(CCOCC(F)(F)F)c1ncccn1. The minimum absolute atomic E-state index is 0.0156. The number of Topliss-reactive ketones (excluding diaryl/α,β-unsaturated/α-hetero) is 1. The molecule has 1 aromatic rings. The van der Waals surface area contributed by atoms with Crippen molar-refractivity contribution in [3.05, 3.63) is 24.3 Å². The molecule has 88 valence electrons. The lowest BCUT2D eigenvalue weighted by Crippen LogP contribution is -2.18. The van der Waals surface area contributed by atoms with Gasteiger partial charge >= 0.3 is 6.18 Å². The van der Waals surface area contributed by atoms with Crippen LogP contribution in [-0.4, -0.2) is 35.1 Å². The predicted molar refractivity (Wildman–Crippen MR) is 47.9 cm³/mol. The fourth-order valence-corrected chi connectivity index (χ4v) is 0.908. The number of nitrogens with zero attached hydrogens (tertiary/aromatic N) is 2. The van der Waals surface area contributed by atoms with Gasteiger partial charge in [0.25, 0.3) is 0 Å². The highest BCUT2D eigenvalue weighted by molar-refractivity contribution is 5.92. The zero-order chi connectivity index (χ0) is 12.0. The topological polar surface area (TPSA) is 52.1 Å². The maximum atomic E-state index is 11.7. The Bertz CT molecular complexity index is 340. The summed E-state index contributed by atoms with van der Waals surface area (Å²) in [5.74, 6) is -0.458. The van der Waals surface area contributed by atoms with Crippen LogP contribution in [0.25, 0.3) is 0 Å². The van der Waals surface area contributed by atoms with Crippen molar-refractivity contribution in [2.75, 3.05) is 13.2 Å². The maximum absolute atomic E-state index is 11.7. The Morgan fingerprint density at radius 1 is 1.31 bits per heavy atom. The quantitative estimate of drug-likeness (QED) is 0.574. The molecule has 0 fully saturated rings. The van der Waals surface area contributed by atoms with Crippen LogP contribution in [0.5, 0.6) is 0 Å². The fourth-order valence-electron chi connectivity index (χ4n) is 0.908. The molecule has 0 bridgehead atoms. The number of carbonyl (C=O) groups excluding carboxylic acids is 1. The number of rotatable bonds is 5. The summed E-state index contributed by atoms with van der Waals surface area (Å²) in [5, 5.41) is 0. The van der Waals surface area contributed by atoms with Crippen molar-refractivity contribution in [3.63, 3.8) is 0 Å². The van der Waals surface area contributed by atoms with Crippen LogP contribution in [0.15, 0.2) is 18.5 Å². The van der Waals surface area contributed by atoms with Crippen molar-refractivity contribution in [1.29, 1.82) is 0 Å². The van der Waals surface area contributed by atoms with Gasteiger partial charge in [-0.1, -0.05) is 0 Å². The number of ketones is 1. The van der Waals surface area contributed by atoms with E-state index in [1.54, 1.807) is 0 Å². The van der Waals surface area contributed by atoms with E-state index < -0.39 is 18.6 Å². The summed E-state index contributed by atoms with van der Waals surface area (Å²) in [6.45, 7) is -1.65. The average molecular weight is 234 g/mol. The minimum atomic E-state index is -4.37. The second kappa shape index (κ2) is 5.55. The first kappa shape index (κ1) is 12.6. The number of carbonyl (C=O) groups is 1. The monoisotopic (exact) mass is 234 g/mol. The lowest BCUT2D eigenvalue weighted by molar-refractivity contribution is -0.173. The van der Waals surface area contributed by atoms with Gasteiger partial charge in [-0.25, -0.2) is 9.97 Å². The van der Waals surface area contributed by atoms with Gasteiger partial charge in [0, 0.05) is 18.8 Å². The van der Waals surface area contributed by atoms with Crippen molar-refractivity contribution >= 4 is 5.78 Å². The summed E-state index contributed by atoms with van der Waals surface area (Å²) in [6, 6.07) is 1.54. The molecule has 0 radical (unpaired) electrons. The van der Waals surface area contributed by atoms with Crippen LogP contribution in [0.1, 0.15) is 17.0 Å². The van der Waals surface area contributed by atoms with E-state index in [-0.39, 0.29) is 18.9 Å². The molecule has 16 heavy (non-hydrogen) atoms. The Labute approximate surface area is 89.5 Å². The first-order valence-corrected chi connectivity index (χ1v) is 4.44. The van der Waals surface area contributed by atoms with E-state index in [0.717, 1.165) is 0 Å². The highest BCUT2D eigenvalue weighted by Gasteiger charge is 2.27. The normalized spacial score (nSPS) is 11.4. The molecule has 0 atom stereocenters. The summed E-state index contributed by atoms with van der Waals surface area (Å²) in [6.07, 6.45) is -1.76. The van der Waals surface area contributed by atoms with Gasteiger partial charge < -0.3 is 4.74 Å². The van der Waals surface area contributed by atoms with E-state index in [1.807, 2.05) is 0 Å². The lowest BCUT2D eigenvalue weighted by Gasteiger charge is -2.06. The summed E-state index contributed by atoms with van der Waals surface area (Å²) in [5.41, 5.74) is 0. The number of halogens is 3. The maximum Gasteiger partial charge on any atom is 0.411 e. The summed E-state index contributed by atoms with van der Waals surface area (Å²) in [7, 11) is 0. The molecule has 1 rings (SSSR count). The van der Waals surface area contributed by atoms with Crippen molar-refractivity contribution < 1.29 is 22.7 Å². The molecule has 7 heteroatoms. The van der Waals surface area contributed by atoms with Crippen molar-refractivity contribution in [3.8, 4) is 0 Å². The van der Waals surface area contributed by atoms with Gasteiger partial charge in [0.05, 0.1) is 6.61 Å². The van der Waals surface area contributed by atoms with E-state index in [2.05, 4.69) is 14.7 Å². The molecule has 0 spiro atoms. The highest BCUT2D eigenvalue weighted by atomic mass is 19.4. The third kappa shape index (κ3) is 4.83. The predicted octanol–water partition coefficient (Wildman–Crippen LogP) is 1.63. The van der Waals surface area contributed by atoms with E-state index >= 15 is 0 Å². The Morgan fingerprint density at radius 2 is 1.94 bits per heavy atom. The summed E-state index contributed by atoms with van der Waals surface area (Å²) >= 11 is 0. The number of alkyl halides is 3. The van der Waals surface area contributed by atoms with Gasteiger partial charge in [0.15, 0.2) is 5.82 Å². The molecule has 0 aromatic carbocycles. The average Bonchev–Trinajstić information content (AvgIpc) is 2.24. The molecule has 0 saturated heterocycles. The number of aromatic nitrogens is 2. The van der Waals surface area contributed by atoms with Gasteiger partial charge in [-0.2, -0.15) is 13.2 Å². The molecule has 0 N–H and O–H groups in total. The van der Waals surface area contributed by atoms with E-state index in [0.29, 0.717) is 0 Å². The summed E-state index contributed by atoms with van der Waals surface area (Å²) < 4.78 is 39.3. The first-order valence-electron chi connectivity index (χ1n) is 4.44. The molecular formula is C9H9F3N2O2. The van der Waals surface area contributed by atoms with Crippen LogP contribution in [0.3, 0.4) is 0 Å². The van der Waals surface area contributed by atoms with Gasteiger partial charge in [0.1, 0.15) is 6.61 Å². The highest BCUT2D eigenvalue weighted by Crippen LogP contribution is 2.14. The third-order valence-electron chi connectivity index (χ3n) is 1.55. The van der Waals surface area contributed by atoms with Crippen LogP contribution in [0, 0.1) is 0 Å². The van der Waals surface area contributed by atoms with E-state index in [9.17, 15) is 18.0 Å². The molecule has 0 aliphatic carbocycles. The molecule has 1 heterocycles. The molecular weight excluding hydrogens is 225 g/mol. The van der Waals surface area contributed by atoms with Gasteiger partial charge in [-0.05, 0) is 6.07 Å². The van der Waals surface area contributed by atoms with Gasteiger partial charge in [-0.3, -0.25) is 4.79 Å². The first-order chi connectivity index (χ1) is 7.49. The molecule has 0 unspecified atom stereocenters. The standard InChI is InChI=1S/C9H9F3N2O2/c10-9(11,12)6-16-5-2-7(15)8-13-3-1-4-14-8/h1,3-4H,2,5-6H2. The lowest BCUT2D eigenvalue weighted by atomic mass is 10.3. The van der Waals surface area contributed by atoms with Crippen LogP contribution >= 0.6 is 0 Å². The van der Waals surface area contributed by atoms with Gasteiger partial charge in [0.2, 0.25) is 5.78 Å². The van der Waals surface area contributed by atoms with Crippen LogP contribution in [-0.2, 0) is 4.74 Å².